The molecular formula is C15H30O2. The van der Waals surface area contributed by atoms with E-state index in [4.69, 9.17) is 9.47 Å². The molecule has 0 saturated heterocycles. The van der Waals surface area contributed by atoms with Gasteiger partial charge < -0.3 is 9.47 Å². The van der Waals surface area contributed by atoms with Crippen molar-refractivity contribution < 1.29 is 9.47 Å². The van der Waals surface area contributed by atoms with E-state index >= 15 is 0 Å². The van der Waals surface area contributed by atoms with Gasteiger partial charge in [0.1, 0.15) is 0 Å². The van der Waals surface area contributed by atoms with Gasteiger partial charge in [-0.05, 0) is 50.4 Å². The Morgan fingerprint density at radius 2 is 1.65 bits per heavy atom. The van der Waals surface area contributed by atoms with E-state index in [0.717, 1.165) is 32.0 Å². The average Bonchev–Trinajstić information content (AvgIpc) is 2.29. The average molecular weight is 242 g/mol. The number of hydrogen-bond acceptors (Lipinski definition) is 2. The molecule has 2 heteroatoms. The molecule has 2 nitrogen and oxygen atoms in total. The van der Waals surface area contributed by atoms with Gasteiger partial charge in [-0.25, -0.2) is 0 Å². The van der Waals surface area contributed by atoms with Crippen LogP contribution in [0.4, 0.5) is 0 Å². The lowest BCUT2D eigenvalue weighted by molar-refractivity contribution is -0.0693. The number of methoxy groups -OCH3 is 1. The van der Waals surface area contributed by atoms with Gasteiger partial charge >= 0.3 is 0 Å². The molecule has 0 aliphatic heterocycles. The van der Waals surface area contributed by atoms with E-state index < -0.39 is 0 Å². The van der Waals surface area contributed by atoms with Crippen LogP contribution in [-0.4, -0.2) is 25.9 Å². The lowest BCUT2D eigenvalue weighted by Crippen LogP contribution is -2.39. The molecule has 0 aromatic carbocycles. The molecule has 0 radical (unpaired) electrons. The first-order valence-corrected chi connectivity index (χ1v) is 7.02. The Hall–Kier alpha value is -0.0800. The van der Waals surface area contributed by atoms with Crippen molar-refractivity contribution >= 4 is 0 Å². The number of rotatable bonds is 6. The normalized spacial score (nSPS) is 34.2. The Morgan fingerprint density at radius 3 is 2.12 bits per heavy atom. The number of ether oxygens (including phenoxy) is 2. The summed E-state index contributed by atoms with van der Waals surface area (Å²) < 4.78 is 11.4. The minimum Gasteiger partial charge on any atom is -0.381 e. The van der Waals surface area contributed by atoms with Crippen LogP contribution in [0, 0.1) is 11.3 Å². The van der Waals surface area contributed by atoms with E-state index in [1.54, 1.807) is 0 Å². The molecule has 0 aromatic heterocycles. The summed E-state index contributed by atoms with van der Waals surface area (Å²) in [4.78, 5) is 0. The molecule has 0 unspecified atom stereocenters. The van der Waals surface area contributed by atoms with E-state index in [-0.39, 0.29) is 5.60 Å². The first-order valence-electron chi connectivity index (χ1n) is 7.02. The molecule has 1 fully saturated rings. The molecule has 0 spiro atoms. The predicted molar refractivity (Wildman–Crippen MR) is 72.3 cm³/mol. The highest BCUT2D eigenvalue weighted by Crippen LogP contribution is 2.42. The van der Waals surface area contributed by atoms with Crippen LogP contribution in [0.3, 0.4) is 0 Å². The third-order valence-corrected chi connectivity index (χ3v) is 4.30. The van der Waals surface area contributed by atoms with E-state index in [2.05, 4.69) is 27.7 Å². The maximum Gasteiger partial charge on any atom is 0.0651 e. The van der Waals surface area contributed by atoms with Crippen LogP contribution in [0.25, 0.3) is 0 Å². The Bertz CT molecular complexity index is 215. The molecule has 0 aromatic rings. The summed E-state index contributed by atoms with van der Waals surface area (Å²) in [6.45, 7) is 10.9. The Kier molecular flexibility index (Phi) is 5.46. The maximum atomic E-state index is 5.85. The highest BCUT2D eigenvalue weighted by molar-refractivity contribution is 4.89. The molecule has 0 amide bonds. The minimum absolute atomic E-state index is 0.109. The van der Waals surface area contributed by atoms with Gasteiger partial charge in [-0.1, -0.05) is 20.8 Å². The highest BCUT2D eigenvalue weighted by atomic mass is 16.5. The van der Waals surface area contributed by atoms with Gasteiger partial charge in [-0.15, -0.1) is 0 Å². The van der Waals surface area contributed by atoms with Crippen LogP contribution in [0.2, 0.25) is 0 Å². The lowest BCUT2D eigenvalue weighted by atomic mass is 9.71. The van der Waals surface area contributed by atoms with E-state index in [0.29, 0.717) is 5.41 Å². The van der Waals surface area contributed by atoms with Gasteiger partial charge in [0.05, 0.1) is 12.2 Å². The van der Waals surface area contributed by atoms with Crippen molar-refractivity contribution in [2.75, 3.05) is 20.3 Å². The standard InChI is InChI=1S/C15H30O2/c1-13(2)6-11-17-12-14(3)7-9-15(4,16-5)10-8-14/h13H,6-12H2,1-5H3. The molecule has 102 valence electrons. The molecule has 1 saturated carbocycles. The zero-order chi connectivity index (χ0) is 12.9. The topological polar surface area (TPSA) is 18.5 Å². The van der Waals surface area contributed by atoms with Crippen LogP contribution in [0.1, 0.15) is 59.8 Å². The summed E-state index contributed by atoms with van der Waals surface area (Å²) >= 11 is 0. The predicted octanol–water partition coefficient (Wildman–Crippen LogP) is 4.03. The quantitative estimate of drug-likeness (QED) is 0.655. The molecule has 0 heterocycles. The number of hydrogen-bond donors (Lipinski definition) is 0. The van der Waals surface area contributed by atoms with Gasteiger partial charge in [-0.3, -0.25) is 0 Å². The third kappa shape index (κ3) is 4.97. The summed E-state index contributed by atoms with van der Waals surface area (Å²) in [6, 6.07) is 0. The summed E-state index contributed by atoms with van der Waals surface area (Å²) in [5.41, 5.74) is 0.479. The molecule has 1 aliphatic rings. The van der Waals surface area contributed by atoms with Crippen molar-refractivity contribution in [2.45, 2.75) is 65.4 Å². The van der Waals surface area contributed by atoms with Crippen LogP contribution in [0.5, 0.6) is 0 Å². The zero-order valence-electron chi connectivity index (χ0n) is 12.3. The van der Waals surface area contributed by atoms with Crippen LogP contribution >= 0.6 is 0 Å². The Morgan fingerprint density at radius 1 is 1.06 bits per heavy atom. The van der Waals surface area contributed by atoms with Gasteiger partial charge in [0.25, 0.3) is 0 Å². The van der Waals surface area contributed by atoms with Crippen LogP contribution in [-0.2, 0) is 9.47 Å². The molecule has 0 N–H and O–H groups in total. The van der Waals surface area contributed by atoms with Crippen molar-refractivity contribution in [3.63, 3.8) is 0 Å². The smallest absolute Gasteiger partial charge is 0.0651 e. The fraction of sp³-hybridized carbons (Fsp3) is 1.00. The third-order valence-electron chi connectivity index (χ3n) is 4.30. The largest absolute Gasteiger partial charge is 0.381 e. The first-order chi connectivity index (χ1) is 7.89. The first kappa shape index (κ1) is 15.0. The van der Waals surface area contributed by atoms with Gasteiger partial charge in [-0.2, -0.15) is 0 Å². The zero-order valence-corrected chi connectivity index (χ0v) is 12.3. The molecule has 1 rings (SSSR count). The monoisotopic (exact) mass is 242 g/mol. The van der Waals surface area contributed by atoms with E-state index in [9.17, 15) is 0 Å². The van der Waals surface area contributed by atoms with Crippen molar-refractivity contribution in [1.82, 2.24) is 0 Å². The lowest BCUT2D eigenvalue weighted by Gasteiger charge is -2.42. The van der Waals surface area contributed by atoms with Crippen LogP contribution < -0.4 is 0 Å². The second-order valence-corrected chi connectivity index (χ2v) is 6.70. The minimum atomic E-state index is 0.109. The van der Waals surface area contributed by atoms with E-state index in [1.165, 1.54) is 19.3 Å². The Labute approximate surface area is 107 Å². The van der Waals surface area contributed by atoms with Crippen molar-refractivity contribution in [3.8, 4) is 0 Å². The van der Waals surface area contributed by atoms with Gasteiger partial charge in [0.2, 0.25) is 0 Å². The second kappa shape index (κ2) is 6.19. The second-order valence-electron chi connectivity index (χ2n) is 6.70. The highest BCUT2D eigenvalue weighted by Gasteiger charge is 2.37. The fourth-order valence-electron chi connectivity index (χ4n) is 2.37. The van der Waals surface area contributed by atoms with Gasteiger partial charge in [0, 0.05) is 13.7 Å². The summed E-state index contributed by atoms with van der Waals surface area (Å²) in [7, 11) is 1.84. The summed E-state index contributed by atoms with van der Waals surface area (Å²) in [6.07, 6.45) is 5.94. The van der Waals surface area contributed by atoms with Crippen molar-refractivity contribution in [3.05, 3.63) is 0 Å². The van der Waals surface area contributed by atoms with Crippen molar-refractivity contribution in [2.24, 2.45) is 11.3 Å². The molecule has 1 aliphatic carbocycles. The Balaban J connectivity index is 2.25. The van der Waals surface area contributed by atoms with Crippen LogP contribution in [0.15, 0.2) is 0 Å². The maximum absolute atomic E-state index is 5.85. The fourth-order valence-corrected chi connectivity index (χ4v) is 2.37. The molecule has 17 heavy (non-hydrogen) atoms. The molecular weight excluding hydrogens is 212 g/mol. The molecule has 0 atom stereocenters. The summed E-state index contributed by atoms with van der Waals surface area (Å²) in [5, 5.41) is 0. The SMILES string of the molecule is COC1(C)CCC(C)(COCCC(C)C)CC1. The van der Waals surface area contributed by atoms with Gasteiger partial charge in [0.15, 0.2) is 0 Å². The summed E-state index contributed by atoms with van der Waals surface area (Å²) in [5.74, 6) is 0.742. The van der Waals surface area contributed by atoms with Crippen molar-refractivity contribution in [1.29, 1.82) is 0 Å². The van der Waals surface area contributed by atoms with E-state index in [1.807, 2.05) is 7.11 Å². The molecule has 0 bridgehead atoms.